The normalized spacial score (nSPS) is 10.9. The first-order valence-electron chi connectivity index (χ1n) is 9.40. The van der Waals surface area contributed by atoms with Gasteiger partial charge in [-0.2, -0.15) is 0 Å². The number of amides is 1. The molecule has 3 aromatic carbocycles. The van der Waals surface area contributed by atoms with E-state index in [2.05, 4.69) is 10.3 Å². The predicted octanol–water partition coefficient (Wildman–Crippen LogP) is 4.95. The van der Waals surface area contributed by atoms with Crippen molar-refractivity contribution in [2.45, 2.75) is 20.4 Å². The lowest BCUT2D eigenvalue weighted by molar-refractivity contribution is -0.384. The number of nitro groups is 1. The number of hydrogen-bond acceptors (Lipinski definition) is 5. The summed E-state index contributed by atoms with van der Waals surface area (Å²) in [6.07, 6.45) is 0. The number of aryl methyl sites for hydroxylation is 2. The molecule has 1 amide bonds. The van der Waals surface area contributed by atoms with Crippen molar-refractivity contribution in [3.05, 3.63) is 93.0 Å². The van der Waals surface area contributed by atoms with Gasteiger partial charge in [0.1, 0.15) is 5.52 Å². The van der Waals surface area contributed by atoms with Gasteiger partial charge in [0.25, 0.3) is 11.6 Å². The first-order chi connectivity index (χ1) is 14.4. The number of nitrogens with zero attached hydrogens (tertiary/aromatic N) is 2. The van der Waals surface area contributed by atoms with Gasteiger partial charge in [0.15, 0.2) is 5.58 Å². The smallest absolute Gasteiger partial charge is 0.270 e. The maximum Gasteiger partial charge on any atom is 0.270 e. The van der Waals surface area contributed by atoms with Crippen molar-refractivity contribution < 1.29 is 14.1 Å². The van der Waals surface area contributed by atoms with Crippen molar-refractivity contribution in [2.75, 3.05) is 0 Å². The van der Waals surface area contributed by atoms with E-state index in [1.54, 1.807) is 6.07 Å². The van der Waals surface area contributed by atoms with E-state index in [4.69, 9.17) is 4.42 Å². The molecule has 0 atom stereocenters. The number of fused-ring (bicyclic) bond motifs is 1. The number of carbonyl (C=O) groups is 1. The van der Waals surface area contributed by atoms with E-state index in [1.165, 1.54) is 18.2 Å². The van der Waals surface area contributed by atoms with Crippen LogP contribution in [0.4, 0.5) is 5.69 Å². The third kappa shape index (κ3) is 3.91. The monoisotopic (exact) mass is 401 g/mol. The molecule has 0 unspecified atom stereocenters. The molecule has 0 aliphatic carbocycles. The summed E-state index contributed by atoms with van der Waals surface area (Å²) in [4.78, 5) is 27.2. The standard InChI is InChI=1S/C23H19N3O4/c1-14-10-20-21(11-15(14)2)30-23(25-20)17-8-6-16(7-9-17)13-24-22(27)18-4-3-5-19(12-18)26(28)29/h3-12H,13H2,1-2H3,(H,24,27). The molecule has 0 saturated carbocycles. The molecular formula is C23H19N3O4. The van der Waals surface area contributed by atoms with Crippen LogP contribution in [0.5, 0.6) is 0 Å². The SMILES string of the molecule is Cc1cc2nc(-c3ccc(CNC(=O)c4cccc([N+](=O)[O-])c4)cc3)oc2cc1C. The third-order valence-corrected chi connectivity index (χ3v) is 4.98. The molecule has 4 rings (SSSR count). The lowest BCUT2D eigenvalue weighted by atomic mass is 10.1. The van der Waals surface area contributed by atoms with Gasteiger partial charge < -0.3 is 9.73 Å². The maximum absolute atomic E-state index is 12.3. The Balaban J connectivity index is 1.46. The second kappa shape index (κ2) is 7.79. The predicted molar refractivity (Wildman–Crippen MR) is 113 cm³/mol. The highest BCUT2D eigenvalue weighted by Gasteiger charge is 2.12. The van der Waals surface area contributed by atoms with E-state index in [1.807, 2.05) is 50.2 Å². The van der Waals surface area contributed by atoms with Crippen molar-refractivity contribution in [3.8, 4) is 11.5 Å². The molecule has 7 heteroatoms. The molecule has 0 bridgehead atoms. The molecule has 1 heterocycles. The van der Waals surface area contributed by atoms with E-state index in [0.29, 0.717) is 12.4 Å². The molecule has 0 aliphatic rings. The fourth-order valence-electron chi connectivity index (χ4n) is 3.11. The zero-order chi connectivity index (χ0) is 21.3. The first-order valence-corrected chi connectivity index (χ1v) is 9.40. The van der Waals surface area contributed by atoms with Gasteiger partial charge in [-0.1, -0.05) is 18.2 Å². The molecule has 0 fully saturated rings. The molecule has 0 radical (unpaired) electrons. The second-order valence-corrected chi connectivity index (χ2v) is 7.11. The van der Waals surface area contributed by atoms with Gasteiger partial charge in [0, 0.05) is 29.8 Å². The number of benzene rings is 3. The number of aromatic nitrogens is 1. The minimum absolute atomic E-state index is 0.115. The average Bonchev–Trinajstić information content (AvgIpc) is 3.15. The van der Waals surface area contributed by atoms with Crippen LogP contribution in [-0.2, 0) is 6.54 Å². The van der Waals surface area contributed by atoms with Gasteiger partial charge in [-0.15, -0.1) is 0 Å². The first kappa shape index (κ1) is 19.3. The van der Waals surface area contributed by atoms with E-state index in [-0.39, 0.29) is 17.2 Å². The van der Waals surface area contributed by atoms with Crippen LogP contribution in [0.3, 0.4) is 0 Å². The summed E-state index contributed by atoms with van der Waals surface area (Å²) in [6.45, 7) is 4.38. The number of non-ortho nitro benzene ring substituents is 1. The van der Waals surface area contributed by atoms with Crippen LogP contribution in [0.25, 0.3) is 22.6 Å². The van der Waals surface area contributed by atoms with Crippen LogP contribution in [0.15, 0.2) is 65.1 Å². The molecule has 0 aliphatic heterocycles. The summed E-state index contributed by atoms with van der Waals surface area (Å²) in [6, 6.07) is 17.2. The molecule has 4 aromatic rings. The molecule has 0 spiro atoms. The van der Waals surface area contributed by atoms with Crippen LogP contribution >= 0.6 is 0 Å². The van der Waals surface area contributed by atoms with Crippen LogP contribution in [-0.4, -0.2) is 15.8 Å². The summed E-state index contributed by atoms with van der Waals surface area (Å²) < 4.78 is 5.88. The Hall–Kier alpha value is -4.00. The second-order valence-electron chi connectivity index (χ2n) is 7.11. The van der Waals surface area contributed by atoms with E-state index >= 15 is 0 Å². The van der Waals surface area contributed by atoms with Crippen LogP contribution < -0.4 is 5.32 Å². The number of carbonyl (C=O) groups excluding carboxylic acids is 1. The molecule has 1 aromatic heterocycles. The topological polar surface area (TPSA) is 98.3 Å². The summed E-state index contributed by atoms with van der Waals surface area (Å²) in [5, 5.41) is 13.6. The van der Waals surface area contributed by atoms with Gasteiger partial charge in [-0.3, -0.25) is 14.9 Å². The summed E-state index contributed by atoms with van der Waals surface area (Å²) in [5.74, 6) is 0.176. The lowest BCUT2D eigenvalue weighted by Crippen LogP contribution is -2.22. The Labute approximate surface area is 172 Å². The van der Waals surface area contributed by atoms with Gasteiger partial charge in [-0.05, 0) is 60.9 Å². The Morgan fingerprint density at radius 1 is 1.07 bits per heavy atom. The van der Waals surface area contributed by atoms with Crippen LogP contribution in [0, 0.1) is 24.0 Å². The largest absolute Gasteiger partial charge is 0.436 e. The number of nitro benzene ring substituents is 1. The summed E-state index contributed by atoms with van der Waals surface area (Å²) in [7, 11) is 0. The molecule has 1 N–H and O–H groups in total. The fraction of sp³-hybridized carbons (Fsp3) is 0.130. The van der Waals surface area contributed by atoms with Crippen molar-refractivity contribution in [1.29, 1.82) is 0 Å². The average molecular weight is 401 g/mol. The van der Waals surface area contributed by atoms with Gasteiger partial charge in [0.05, 0.1) is 4.92 Å². The molecule has 30 heavy (non-hydrogen) atoms. The molecular weight excluding hydrogens is 382 g/mol. The Bertz CT molecular complexity index is 1220. The van der Waals surface area contributed by atoms with Crippen LogP contribution in [0.1, 0.15) is 27.0 Å². The number of nitrogens with one attached hydrogen (secondary N) is 1. The number of rotatable bonds is 5. The highest BCUT2D eigenvalue weighted by molar-refractivity contribution is 5.94. The van der Waals surface area contributed by atoms with E-state index < -0.39 is 4.92 Å². The minimum Gasteiger partial charge on any atom is -0.436 e. The van der Waals surface area contributed by atoms with Crippen molar-refractivity contribution in [3.63, 3.8) is 0 Å². The Morgan fingerprint density at radius 3 is 2.53 bits per heavy atom. The van der Waals surface area contributed by atoms with Gasteiger partial charge >= 0.3 is 0 Å². The van der Waals surface area contributed by atoms with Gasteiger partial charge in [-0.25, -0.2) is 4.98 Å². The zero-order valence-corrected chi connectivity index (χ0v) is 16.5. The molecule has 7 nitrogen and oxygen atoms in total. The van der Waals surface area contributed by atoms with E-state index in [9.17, 15) is 14.9 Å². The van der Waals surface area contributed by atoms with Crippen molar-refractivity contribution in [1.82, 2.24) is 10.3 Å². The number of oxazole rings is 1. The summed E-state index contributed by atoms with van der Waals surface area (Å²) >= 11 is 0. The van der Waals surface area contributed by atoms with Crippen molar-refractivity contribution >= 4 is 22.7 Å². The van der Waals surface area contributed by atoms with Crippen molar-refractivity contribution in [2.24, 2.45) is 0 Å². The van der Waals surface area contributed by atoms with E-state index in [0.717, 1.165) is 33.4 Å². The van der Waals surface area contributed by atoms with Crippen LogP contribution in [0.2, 0.25) is 0 Å². The highest BCUT2D eigenvalue weighted by atomic mass is 16.6. The fourth-order valence-corrected chi connectivity index (χ4v) is 3.11. The maximum atomic E-state index is 12.3. The summed E-state index contributed by atoms with van der Waals surface area (Å²) in [5.41, 5.74) is 5.75. The quantitative estimate of drug-likeness (QED) is 0.377. The minimum atomic E-state index is -0.524. The zero-order valence-electron chi connectivity index (χ0n) is 16.5. The Morgan fingerprint density at radius 2 is 1.80 bits per heavy atom. The van der Waals surface area contributed by atoms with Gasteiger partial charge in [0.2, 0.25) is 5.89 Å². The highest BCUT2D eigenvalue weighted by Crippen LogP contribution is 2.26. The molecule has 0 saturated heterocycles. The Kier molecular flexibility index (Phi) is 5.02. The third-order valence-electron chi connectivity index (χ3n) is 4.98. The molecule has 150 valence electrons. The number of hydrogen-bond donors (Lipinski definition) is 1. The lowest BCUT2D eigenvalue weighted by Gasteiger charge is -2.06.